The molecule has 1 aliphatic rings. The van der Waals surface area contributed by atoms with E-state index in [2.05, 4.69) is 0 Å². The lowest BCUT2D eigenvalue weighted by molar-refractivity contribution is -0.201. The molecule has 54 heavy (non-hydrogen) atoms. The topological polar surface area (TPSA) is 110 Å². The molecule has 0 saturated carbocycles. The van der Waals surface area contributed by atoms with Crippen molar-refractivity contribution >= 4 is 16.0 Å². The summed E-state index contributed by atoms with van der Waals surface area (Å²) in [4.78, 5) is 16.1. The van der Waals surface area contributed by atoms with Crippen molar-refractivity contribution in [1.29, 1.82) is 0 Å². The predicted octanol–water partition coefficient (Wildman–Crippen LogP) is 6.74. The molecular weight excluding hydrogens is 707 g/mol. The van der Waals surface area contributed by atoms with Gasteiger partial charge in [-0.3, -0.25) is 8.98 Å². The van der Waals surface area contributed by atoms with Gasteiger partial charge in [-0.25, -0.2) is 0 Å². The summed E-state index contributed by atoms with van der Waals surface area (Å²) in [5.74, 6) is 0.777. The van der Waals surface area contributed by atoms with Crippen molar-refractivity contribution in [2.75, 3.05) is 27.1 Å². The van der Waals surface area contributed by atoms with Crippen LogP contribution in [0.15, 0.2) is 140 Å². The molecule has 4 atom stereocenters. The molecule has 11 heteroatoms. The lowest BCUT2D eigenvalue weighted by Gasteiger charge is -2.53. The van der Waals surface area contributed by atoms with Crippen LogP contribution in [-0.2, 0) is 53.1 Å². The molecule has 0 aliphatic carbocycles. The van der Waals surface area contributed by atoms with Crippen LogP contribution in [0.3, 0.4) is 0 Å². The van der Waals surface area contributed by atoms with E-state index in [1.54, 1.807) is 19.1 Å². The zero-order valence-corrected chi connectivity index (χ0v) is 31.3. The summed E-state index contributed by atoms with van der Waals surface area (Å²) < 4.78 is 61.8. The molecule has 0 radical (unpaired) electrons. The summed E-state index contributed by atoms with van der Waals surface area (Å²) in [5.41, 5.74) is 4.31. The lowest BCUT2D eigenvalue weighted by Crippen LogP contribution is -2.73. The van der Waals surface area contributed by atoms with Gasteiger partial charge in [0.1, 0.15) is 23.7 Å². The number of rotatable bonds is 19. The van der Waals surface area contributed by atoms with Crippen LogP contribution in [-0.4, -0.2) is 70.7 Å². The van der Waals surface area contributed by atoms with Crippen LogP contribution in [0.4, 0.5) is 0 Å². The SMILES string of the molecule is COc1ccc(C(c2ccc(OC)cc2)N2C(=O)[C@@H](OS(C)(=O)=O)[C@@H]2[C@H](OCc2ccccc2)[C@@H](COCc2ccccc2)OCc2ccccc2)cc1. The second-order valence-electron chi connectivity index (χ2n) is 13.0. The van der Waals surface area contributed by atoms with E-state index in [0.717, 1.165) is 34.1 Å². The van der Waals surface area contributed by atoms with Gasteiger partial charge < -0.3 is 28.6 Å². The van der Waals surface area contributed by atoms with Crippen LogP contribution in [0.1, 0.15) is 33.9 Å². The fraction of sp³-hybridized carbons (Fsp3) is 0.279. The Morgan fingerprint density at radius 1 is 0.611 bits per heavy atom. The maximum absolute atomic E-state index is 14.4. The monoisotopic (exact) mass is 751 g/mol. The molecule has 0 aromatic heterocycles. The zero-order chi connectivity index (χ0) is 37.9. The van der Waals surface area contributed by atoms with E-state index in [9.17, 15) is 13.2 Å². The molecule has 1 heterocycles. The van der Waals surface area contributed by atoms with Crippen molar-refractivity contribution in [2.24, 2.45) is 0 Å². The minimum atomic E-state index is -4.09. The van der Waals surface area contributed by atoms with Crippen molar-refractivity contribution in [3.8, 4) is 11.5 Å². The second-order valence-corrected chi connectivity index (χ2v) is 14.6. The largest absolute Gasteiger partial charge is 0.497 e. The third-order valence-electron chi connectivity index (χ3n) is 9.24. The fourth-order valence-electron chi connectivity index (χ4n) is 6.58. The molecule has 282 valence electrons. The number of nitrogens with zero attached hydrogens (tertiary/aromatic N) is 1. The molecule has 5 aromatic rings. The normalized spacial score (nSPS) is 16.8. The van der Waals surface area contributed by atoms with Gasteiger partial charge in [0.2, 0.25) is 0 Å². The van der Waals surface area contributed by atoms with E-state index in [-0.39, 0.29) is 19.8 Å². The highest BCUT2D eigenvalue weighted by Crippen LogP contribution is 2.42. The van der Waals surface area contributed by atoms with E-state index < -0.39 is 46.4 Å². The highest BCUT2D eigenvalue weighted by atomic mass is 32.2. The van der Waals surface area contributed by atoms with Gasteiger partial charge >= 0.3 is 0 Å². The number of hydrogen-bond donors (Lipinski definition) is 0. The standard InChI is InChI=1S/C43H45NO9S/c1-48-36-23-19-34(20-24-36)39(35-21-25-37(49-2)26-22-35)44-40(42(43(44)45)53-54(3,46)47)41(52-29-33-17-11-6-12-18-33)38(51-28-32-15-9-5-10-16-32)30-50-27-31-13-7-4-8-14-31/h4-26,38-42H,27-30H2,1-3H3/t38-,40+,41-,42+/m1/s1. The Labute approximate surface area is 317 Å². The van der Waals surface area contributed by atoms with Gasteiger partial charge in [0.15, 0.2) is 6.10 Å². The Kier molecular flexibility index (Phi) is 13.1. The molecule has 0 unspecified atom stereocenters. The predicted molar refractivity (Wildman–Crippen MR) is 204 cm³/mol. The average Bonchev–Trinajstić information content (AvgIpc) is 3.20. The highest BCUT2D eigenvalue weighted by Gasteiger charge is 2.58. The summed E-state index contributed by atoms with van der Waals surface area (Å²) >= 11 is 0. The molecular formula is C43H45NO9S. The van der Waals surface area contributed by atoms with E-state index in [1.165, 1.54) is 0 Å². The van der Waals surface area contributed by atoms with Crippen LogP contribution < -0.4 is 9.47 Å². The van der Waals surface area contributed by atoms with Crippen molar-refractivity contribution < 1.29 is 41.1 Å². The summed E-state index contributed by atoms with van der Waals surface area (Å²) in [6, 6.07) is 42.3. The lowest BCUT2D eigenvalue weighted by atomic mass is 9.84. The molecule has 0 bridgehead atoms. The quantitative estimate of drug-likeness (QED) is 0.0670. The number of amides is 1. The Bertz CT molecular complexity index is 1970. The molecule has 1 fully saturated rings. The Morgan fingerprint density at radius 3 is 1.50 bits per heavy atom. The number of carbonyl (C=O) groups is 1. The minimum absolute atomic E-state index is 0.0705. The van der Waals surface area contributed by atoms with Crippen molar-refractivity contribution in [1.82, 2.24) is 4.90 Å². The van der Waals surface area contributed by atoms with Crippen molar-refractivity contribution in [2.45, 2.75) is 50.2 Å². The first-order valence-corrected chi connectivity index (χ1v) is 19.5. The van der Waals surface area contributed by atoms with Crippen molar-refractivity contribution in [3.63, 3.8) is 0 Å². The first-order valence-electron chi connectivity index (χ1n) is 17.6. The van der Waals surface area contributed by atoms with Crippen LogP contribution in [0, 0.1) is 0 Å². The summed E-state index contributed by atoms with van der Waals surface area (Å²) in [7, 11) is -0.918. The van der Waals surface area contributed by atoms with E-state index >= 15 is 0 Å². The van der Waals surface area contributed by atoms with Gasteiger partial charge in [0.25, 0.3) is 16.0 Å². The number of ether oxygens (including phenoxy) is 5. The van der Waals surface area contributed by atoms with Gasteiger partial charge in [-0.05, 0) is 52.1 Å². The van der Waals surface area contributed by atoms with Crippen LogP contribution in [0.2, 0.25) is 0 Å². The van der Waals surface area contributed by atoms with Crippen LogP contribution >= 0.6 is 0 Å². The molecule has 1 amide bonds. The van der Waals surface area contributed by atoms with E-state index in [0.29, 0.717) is 18.1 Å². The van der Waals surface area contributed by atoms with Gasteiger partial charge in [0.05, 0.1) is 59.0 Å². The van der Waals surface area contributed by atoms with Gasteiger partial charge in [-0.2, -0.15) is 8.42 Å². The third-order valence-corrected chi connectivity index (χ3v) is 9.79. The Morgan fingerprint density at radius 2 is 1.06 bits per heavy atom. The van der Waals surface area contributed by atoms with Gasteiger partial charge in [-0.1, -0.05) is 115 Å². The number of methoxy groups -OCH3 is 2. The minimum Gasteiger partial charge on any atom is -0.497 e. The number of carbonyl (C=O) groups excluding carboxylic acids is 1. The first kappa shape index (κ1) is 38.7. The maximum Gasteiger partial charge on any atom is 0.265 e. The Hall–Kier alpha value is -5.04. The van der Waals surface area contributed by atoms with Gasteiger partial charge in [-0.15, -0.1) is 0 Å². The van der Waals surface area contributed by atoms with Gasteiger partial charge in [0, 0.05) is 0 Å². The molecule has 0 N–H and O–H groups in total. The molecule has 6 rings (SSSR count). The van der Waals surface area contributed by atoms with Crippen LogP contribution in [0.5, 0.6) is 11.5 Å². The zero-order valence-electron chi connectivity index (χ0n) is 30.5. The molecule has 0 spiro atoms. The number of β-lactam (4-membered cyclic amide) rings is 1. The third kappa shape index (κ3) is 9.93. The number of benzene rings is 5. The summed E-state index contributed by atoms with van der Waals surface area (Å²) in [5, 5.41) is 0. The summed E-state index contributed by atoms with van der Waals surface area (Å²) in [6.07, 6.45) is -2.16. The van der Waals surface area contributed by atoms with E-state index in [1.807, 2.05) is 140 Å². The molecule has 10 nitrogen and oxygen atoms in total. The molecule has 1 aliphatic heterocycles. The fourth-order valence-corrected chi connectivity index (χ4v) is 7.15. The Balaban J connectivity index is 1.44. The smallest absolute Gasteiger partial charge is 0.265 e. The number of hydrogen-bond acceptors (Lipinski definition) is 9. The van der Waals surface area contributed by atoms with Crippen LogP contribution in [0.25, 0.3) is 0 Å². The first-order chi connectivity index (χ1) is 26.2. The molecule has 5 aromatic carbocycles. The van der Waals surface area contributed by atoms with Crippen molar-refractivity contribution in [3.05, 3.63) is 167 Å². The second kappa shape index (κ2) is 18.3. The highest BCUT2D eigenvalue weighted by molar-refractivity contribution is 7.86. The maximum atomic E-state index is 14.4. The number of likely N-dealkylation sites (tertiary alicyclic amines) is 1. The average molecular weight is 752 g/mol. The summed E-state index contributed by atoms with van der Waals surface area (Å²) in [6.45, 7) is 0.731. The molecule has 1 saturated heterocycles. The van der Waals surface area contributed by atoms with E-state index in [4.69, 9.17) is 27.9 Å².